The van der Waals surface area contributed by atoms with Crippen LogP contribution in [0.3, 0.4) is 0 Å². The maximum absolute atomic E-state index is 4.15. The van der Waals surface area contributed by atoms with E-state index in [0.717, 1.165) is 6.42 Å². The first-order valence-electron chi connectivity index (χ1n) is 4.82. The Bertz CT molecular complexity index is 437. The first-order chi connectivity index (χ1) is 6.63. The topological polar surface area (TPSA) is 0 Å². The van der Waals surface area contributed by atoms with Crippen molar-refractivity contribution in [2.45, 2.75) is 20.3 Å². The summed E-state index contributed by atoms with van der Waals surface area (Å²) in [6.07, 6.45) is 7.69. The summed E-state index contributed by atoms with van der Waals surface area (Å²) in [5.74, 6) is 0. The molecule has 0 saturated carbocycles. The van der Waals surface area contributed by atoms with E-state index < -0.39 is 0 Å². The number of hydrogen-bond acceptors (Lipinski definition) is 0. The van der Waals surface area contributed by atoms with Crippen LogP contribution in [0.25, 0.3) is 0 Å². The Morgan fingerprint density at radius 3 is 2.50 bits per heavy atom. The van der Waals surface area contributed by atoms with Gasteiger partial charge in [-0.2, -0.15) is 0 Å². The van der Waals surface area contributed by atoms with Crippen LogP contribution in [0.1, 0.15) is 23.1 Å². The molecule has 71 valence electrons. The summed E-state index contributed by atoms with van der Waals surface area (Å²) in [4.78, 5) is 0. The monoisotopic (exact) mass is 261 g/mol. The van der Waals surface area contributed by atoms with Crippen LogP contribution in [0, 0.1) is 0 Å². The molecule has 0 aromatic rings. The Kier molecular flexibility index (Phi) is 2.62. The summed E-state index contributed by atoms with van der Waals surface area (Å²) in [5, 5.41) is 0. The van der Waals surface area contributed by atoms with Crippen molar-refractivity contribution in [3.05, 3.63) is 56.0 Å². The third-order valence-corrected chi connectivity index (χ3v) is 4.39. The molecule has 0 bridgehead atoms. The van der Waals surface area contributed by atoms with Crippen molar-refractivity contribution in [1.82, 2.24) is 0 Å². The maximum atomic E-state index is 4.15. The van der Waals surface area contributed by atoms with Crippen molar-refractivity contribution in [3.63, 3.8) is 0 Å². The van der Waals surface area contributed by atoms with Gasteiger partial charge in [-0.15, -0.1) is 0 Å². The Hall–Kier alpha value is -0.417. The molecule has 0 aromatic heterocycles. The second kappa shape index (κ2) is 3.62. The van der Waals surface area contributed by atoms with E-state index >= 15 is 0 Å². The maximum Gasteiger partial charge on any atom is -1.00 e. The fourth-order valence-corrected chi connectivity index (χ4v) is 3.29. The molecule has 0 nitrogen and oxygen atoms in total. The third kappa shape index (κ3) is 1.39. The van der Waals surface area contributed by atoms with Crippen molar-refractivity contribution in [1.29, 1.82) is 0 Å². The fraction of sp³-hybridized carbons (Fsp3) is 0.231. The molecule has 0 spiro atoms. The molecule has 0 amide bonds. The molecule has 0 unspecified atom stereocenters. The minimum absolute atomic E-state index is 0. The summed E-state index contributed by atoms with van der Waals surface area (Å²) >= 11 is 1.48. The van der Waals surface area contributed by atoms with E-state index in [1.54, 1.807) is 0 Å². The minimum atomic E-state index is 0. The van der Waals surface area contributed by atoms with Crippen molar-refractivity contribution < 1.29 is 27.6 Å². The largest absolute Gasteiger partial charge is 1.00 e. The molecule has 0 aliphatic heterocycles. The first-order valence-corrected chi connectivity index (χ1v) is 6.05. The number of rotatable bonds is 1. The predicted molar refractivity (Wildman–Crippen MR) is 58.6 cm³/mol. The molecule has 0 fully saturated rings. The summed E-state index contributed by atoms with van der Waals surface area (Å²) in [7, 11) is 0. The smallest absolute Gasteiger partial charge is 1.00 e. The van der Waals surface area contributed by atoms with E-state index in [-0.39, 0.29) is 2.85 Å². The summed E-state index contributed by atoms with van der Waals surface area (Å²) in [5.41, 5.74) is 6.99. The summed E-state index contributed by atoms with van der Waals surface area (Å²) in [6.45, 7) is 8.54. The van der Waals surface area contributed by atoms with Gasteiger partial charge in [0.25, 0.3) is 0 Å². The molecule has 2 aliphatic carbocycles. The molecule has 14 heavy (non-hydrogen) atoms. The van der Waals surface area contributed by atoms with E-state index in [4.69, 9.17) is 0 Å². The Morgan fingerprint density at radius 2 is 2.07 bits per heavy atom. The van der Waals surface area contributed by atoms with Gasteiger partial charge in [-0.1, -0.05) is 0 Å². The number of hydrogen-bond donors (Lipinski definition) is 0. The van der Waals surface area contributed by atoms with Crippen LogP contribution < -0.4 is 0 Å². The van der Waals surface area contributed by atoms with E-state index in [1.807, 2.05) is 0 Å². The van der Waals surface area contributed by atoms with E-state index in [0.29, 0.717) is 0 Å². The van der Waals surface area contributed by atoms with Gasteiger partial charge < -0.3 is 2.85 Å². The normalized spacial score (nSPS) is 21.4. The van der Waals surface area contributed by atoms with Crippen molar-refractivity contribution in [2.75, 3.05) is 0 Å². The van der Waals surface area contributed by atoms with Crippen LogP contribution in [-0.2, 0) is 24.7 Å². The summed E-state index contributed by atoms with van der Waals surface area (Å²) < 4.78 is 1.45. The van der Waals surface area contributed by atoms with E-state index in [1.165, 1.54) is 55.9 Å². The van der Waals surface area contributed by atoms with Gasteiger partial charge in [-0.05, 0) is 0 Å². The van der Waals surface area contributed by atoms with Crippen LogP contribution in [0.5, 0.6) is 0 Å². The van der Waals surface area contributed by atoms with E-state index in [9.17, 15) is 0 Å². The second-order valence-corrected chi connectivity index (χ2v) is 5.03. The zero-order valence-electron chi connectivity index (χ0n) is 10.6. The summed E-state index contributed by atoms with van der Waals surface area (Å²) in [6, 6.07) is 0. The van der Waals surface area contributed by atoms with Crippen molar-refractivity contribution in [3.8, 4) is 0 Å². The Balaban J connectivity index is 0.00000112. The van der Waals surface area contributed by atoms with E-state index in [2.05, 4.69) is 38.7 Å². The molecular formula is C13H15Zr. The minimum Gasteiger partial charge on any atom is -1.00 e. The second-order valence-electron chi connectivity index (χ2n) is 3.80. The molecule has 0 radical (unpaired) electrons. The van der Waals surface area contributed by atoms with Crippen LogP contribution in [0.4, 0.5) is 0 Å². The quantitative estimate of drug-likeness (QED) is 0.674. The Morgan fingerprint density at radius 1 is 1.36 bits per heavy atom. The van der Waals surface area contributed by atoms with Gasteiger partial charge in [-0.3, -0.25) is 0 Å². The van der Waals surface area contributed by atoms with Gasteiger partial charge in [0, 0.05) is 0 Å². The van der Waals surface area contributed by atoms with Gasteiger partial charge in [0.15, 0.2) is 0 Å². The van der Waals surface area contributed by atoms with Crippen LogP contribution in [0.15, 0.2) is 56.0 Å². The molecule has 2 rings (SSSR count). The molecule has 1 heteroatoms. The zero-order chi connectivity index (χ0) is 10.3. The van der Waals surface area contributed by atoms with Gasteiger partial charge in [0.2, 0.25) is 0 Å². The average molecular weight is 262 g/mol. The van der Waals surface area contributed by atoms with Crippen LogP contribution in [-0.4, -0.2) is 0 Å². The van der Waals surface area contributed by atoms with Gasteiger partial charge >= 0.3 is 101 Å². The molecule has 0 aromatic carbocycles. The van der Waals surface area contributed by atoms with Crippen molar-refractivity contribution >= 4 is 0 Å². The standard InChI is InChI=1S/C13H13.Zr.2H/c1-9-8-13(11(3)10(9)2)12-6-4-5-7-12;;;/h4-6H,1,7H2,2-3H3;;;/q;+2;2*-1. The first kappa shape index (κ1) is 10.1. The molecule has 0 heterocycles. The molecule has 2 aliphatic rings. The van der Waals surface area contributed by atoms with Gasteiger partial charge in [0.05, 0.1) is 0 Å². The molecule has 0 saturated heterocycles. The molecule has 0 atom stereocenters. The van der Waals surface area contributed by atoms with Crippen LogP contribution >= 0.6 is 0 Å². The van der Waals surface area contributed by atoms with Crippen LogP contribution in [0.2, 0.25) is 0 Å². The number of allylic oxidation sites excluding steroid dienone is 9. The fourth-order valence-electron chi connectivity index (χ4n) is 1.97. The zero-order valence-corrected chi connectivity index (χ0v) is 11.1. The van der Waals surface area contributed by atoms with Gasteiger partial charge in [0.1, 0.15) is 0 Å². The predicted octanol–water partition coefficient (Wildman–Crippen LogP) is 3.80. The molecular weight excluding hydrogens is 247 g/mol. The third-order valence-electron chi connectivity index (χ3n) is 3.03. The van der Waals surface area contributed by atoms with Gasteiger partial charge in [-0.25, -0.2) is 0 Å². The molecule has 0 N–H and O–H groups in total. The SMILES string of the molecule is C=C1C(C)=C(C)C(C2=CC=CC2)=[C]1[Zr+2].[H-].[H-]. The Labute approximate surface area is 104 Å². The van der Waals surface area contributed by atoms with Crippen molar-refractivity contribution in [2.24, 2.45) is 0 Å². The average Bonchev–Trinajstić information content (AvgIpc) is 2.73.